The van der Waals surface area contributed by atoms with Gasteiger partial charge in [0.15, 0.2) is 0 Å². The van der Waals surface area contributed by atoms with Gasteiger partial charge in [0.1, 0.15) is 0 Å². The molecule has 0 aliphatic heterocycles. The van der Waals surface area contributed by atoms with Gasteiger partial charge in [-0.15, -0.1) is 0 Å². The van der Waals surface area contributed by atoms with Crippen LogP contribution in [0.25, 0.3) is 0 Å². The summed E-state index contributed by atoms with van der Waals surface area (Å²) in [5, 5.41) is 4.32. The Morgan fingerprint density at radius 2 is 2.06 bits per heavy atom. The second-order valence-corrected chi connectivity index (χ2v) is 5.54. The van der Waals surface area contributed by atoms with Crippen LogP contribution in [0, 0.1) is 0 Å². The zero-order chi connectivity index (χ0) is 12.7. The van der Waals surface area contributed by atoms with Crippen molar-refractivity contribution in [3.05, 3.63) is 33.3 Å². The quantitative estimate of drug-likeness (QED) is 0.670. The molecule has 1 unspecified atom stereocenters. The van der Waals surface area contributed by atoms with Crippen molar-refractivity contribution in [3.63, 3.8) is 0 Å². The molecule has 0 radical (unpaired) electrons. The summed E-state index contributed by atoms with van der Waals surface area (Å²) in [6, 6.07) is 6.65. The minimum atomic E-state index is 0.445. The second kappa shape index (κ2) is 8.12. The Balaban J connectivity index is 2.70. The lowest BCUT2D eigenvalue weighted by Crippen LogP contribution is -2.20. The van der Waals surface area contributed by atoms with E-state index in [1.165, 1.54) is 31.2 Å². The molecule has 0 aliphatic carbocycles. The van der Waals surface area contributed by atoms with Crippen LogP contribution in [0.3, 0.4) is 0 Å². The number of hydrogen-bond acceptors (Lipinski definition) is 1. The summed E-state index contributed by atoms with van der Waals surface area (Å²) in [6.45, 7) is 5.38. The fourth-order valence-electron chi connectivity index (χ4n) is 1.96. The molecule has 1 atom stereocenters. The van der Waals surface area contributed by atoms with E-state index < -0.39 is 0 Å². The number of rotatable bonds is 7. The van der Waals surface area contributed by atoms with Gasteiger partial charge >= 0.3 is 0 Å². The third-order valence-electron chi connectivity index (χ3n) is 2.89. The Labute approximate surface area is 118 Å². The summed E-state index contributed by atoms with van der Waals surface area (Å²) in [5.74, 6) is 0. The summed E-state index contributed by atoms with van der Waals surface area (Å²) in [6.07, 6.45) is 5.03. The monoisotopic (exact) mass is 317 g/mol. The molecule has 1 rings (SSSR count). The first-order chi connectivity index (χ1) is 8.19. The molecule has 0 aromatic heterocycles. The topological polar surface area (TPSA) is 12.0 Å². The molecule has 1 aromatic rings. The molecule has 0 saturated carbocycles. The summed E-state index contributed by atoms with van der Waals surface area (Å²) >= 11 is 9.51. The van der Waals surface area contributed by atoms with Crippen LogP contribution in [-0.4, -0.2) is 6.54 Å². The number of halogens is 2. The molecule has 0 aliphatic rings. The Kier molecular flexibility index (Phi) is 7.17. The van der Waals surface area contributed by atoms with Gasteiger partial charge in [0.2, 0.25) is 0 Å². The lowest BCUT2D eigenvalue weighted by molar-refractivity contribution is 0.486. The lowest BCUT2D eigenvalue weighted by atomic mass is 10.0. The largest absolute Gasteiger partial charge is 0.310 e. The molecule has 0 saturated heterocycles. The van der Waals surface area contributed by atoms with E-state index in [-0.39, 0.29) is 0 Å². The fourth-order valence-corrected chi connectivity index (χ4v) is 2.47. The van der Waals surface area contributed by atoms with E-state index in [0.717, 1.165) is 16.0 Å². The molecule has 1 nitrogen and oxygen atoms in total. The summed E-state index contributed by atoms with van der Waals surface area (Å²) in [4.78, 5) is 0. The molecule has 17 heavy (non-hydrogen) atoms. The van der Waals surface area contributed by atoms with Crippen molar-refractivity contribution < 1.29 is 0 Å². The zero-order valence-corrected chi connectivity index (χ0v) is 12.9. The van der Waals surface area contributed by atoms with Crippen LogP contribution in [0.15, 0.2) is 22.7 Å². The van der Waals surface area contributed by atoms with Crippen LogP contribution < -0.4 is 5.32 Å². The van der Waals surface area contributed by atoms with E-state index >= 15 is 0 Å². The maximum atomic E-state index is 6.02. The van der Waals surface area contributed by atoms with Gasteiger partial charge in [0.05, 0.1) is 5.02 Å². The average Bonchev–Trinajstić information content (AvgIpc) is 2.32. The predicted molar refractivity (Wildman–Crippen MR) is 79.7 cm³/mol. The molecule has 0 fully saturated rings. The average molecular weight is 319 g/mol. The van der Waals surface area contributed by atoms with Gasteiger partial charge in [0.25, 0.3) is 0 Å². The van der Waals surface area contributed by atoms with E-state index in [0.29, 0.717) is 6.04 Å². The van der Waals surface area contributed by atoms with Crippen molar-refractivity contribution in [1.82, 2.24) is 5.32 Å². The zero-order valence-electron chi connectivity index (χ0n) is 10.6. The van der Waals surface area contributed by atoms with Gasteiger partial charge < -0.3 is 5.32 Å². The standard InChI is InChI=1S/C14H21BrClN/c1-3-5-6-7-14(17-4-2)11-8-9-13(16)12(15)10-11/h8-10,14,17H,3-7H2,1-2H3. The Morgan fingerprint density at radius 1 is 1.29 bits per heavy atom. The Morgan fingerprint density at radius 3 is 2.65 bits per heavy atom. The van der Waals surface area contributed by atoms with Gasteiger partial charge in [-0.25, -0.2) is 0 Å². The smallest absolute Gasteiger partial charge is 0.0548 e. The Bertz CT molecular complexity index is 341. The minimum Gasteiger partial charge on any atom is -0.310 e. The first-order valence-electron chi connectivity index (χ1n) is 6.37. The van der Waals surface area contributed by atoms with Crippen LogP contribution in [0.5, 0.6) is 0 Å². The molecule has 0 bridgehead atoms. The fraction of sp³-hybridized carbons (Fsp3) is 0.571. The first-order valence-corrected chi connectivity index (χ1v) is 7.54. The summed E-state index contributed by atoms with van der Waals surface area (Å²) in [5.41, 5.74) is 1.32. The van der Waals surface area contributed by atoms with Gasteiger partial charge in [0, 0.05) is 10.5 Å². The van der Waals surface area contributed by atoms with E-state index in [2.05, 4.69) is 47.2 Å². The summed E-state index contributed by atoms with van der Waals surface area (Å²) < 4.78 is 0.982. The molecule has 3 heteroatoms. The highest BCUT2D eigenvalue weighted by atomic mass is 79.9. The SMILES string of the molecule is CCCCCC(NCC)c1ccc(Cl)c(Br)c1. The molecule has 96 valence electrons. The molecule has 0 heterocycles. The number of unbranched alkanes of at least 4 members (excludes halogenated alkanes) is 2. The predicted octanol–water partition coefficient (Wildman–Crippen LogP) is 5.33. The maximum absolute atomic E-state index is 6.02. The van der Waals surface area contributed by atoms with Crippen molar-refractivity contribution in [3.8, 4) is 0 Å². The van der Waals surface area contributed by atoms with Crippen LogP contribution in [0.1, 0.15) is 51.1 Å². The Hall–Kier alpha value is -0.0500. The normalized spacial score (nSPS) is 12.7. The first kappa shape index (κ1) is 15.0. The highest BCUT2D eigenvalue weighted by Gasteiger charge is 2.11. The van der Waals surface area contributed by atoms with E-state index in [4.69, 9.17) is 11.6 Å². The number of hydrogen-bond donors (Lipinski definition) is 1. The van der Waals surface area contributed by atoms with Crippen molar-refractivity contribution in [2.45, 2.75) is 45.6 Å². The minimum absolute atomic E-state index is 0.445. The summed E-state index contributed by atoms with van der Waals surface area (Å²) in [7, 11) is 0. The second-order valence-electron chi connectivity index (χ2n) is 4.28. The molecule has 1 aromatic carbocycles. The third-order valence-corrected chi connectivity index (χ3v) is 4.11. The van der Waals surface area contributed by atoms with E-state index in [1.54, 1.807) is 0 Å². The van der Waals surface area contributed by atoms with Gasteiger partial charge in [-0.2, -0.15) is 0 Å². The van der Waals surface area contributed by atoms with E-state index in [1.807, 2.05) is 6.07 Å². The van der Waals surface area contributed by atoms with E-state index in [9.17, 15) is 0 Å². The van der Waals surface area contributed by atoms with Crippen molar-refractivity contribution in [2.24, 2.45) is 0 Å². The van der Waals surface area contributed by atoms with Crippen LogP contribution in [-0.2, 0) is 0 Å². The molecular formula is C14H21BrClN. The molecule has 1 N–H and O–H groups in total. The van der Waals surface area contributed by atoms with Crippen molar-refractivity contribution >= 4 is 27.5 Å². The third kappa shape index (κ3) is 4.99. The lowest BCUT2D eigenvalue weighted by Gasteiger charge is -2.18. The number of nitrogens with one attached hydrogen (secondary N) is 1. The highest BCUT2D eigenvalue weighted by molar-refractivity contribution is 9.10. The van der Waals surface area contributed by atoms with Crippen LogP contribution in [0.2, 0.25) is 5.02 Å². The van der Waals surface area contributed by atoms with Crippen LogP contribution in [0.4, 0.5) is 0 Å². The molecule has 0 amide bonds. The van der Waals surface area contributed by atoms with Gasteiger partial charge in [-0.05, 0) is 46.6 Å². The number of benzene rings is 1. The maximum Gasteiger partial charge on any atom is 0.0548 e. The van der Waals surface area contributed by atoms with Gasteiger partial charge in [-0.3, -0.25) is 0 Å². The van der Waals surface area contributed by atoms with Crippen molar-refractivity contribution in [1.29, 1.82) is 0 Å². The van der Waals surface area contributed by atoms with Gasteiger partial charge in [-0.1, -0.05) is 50.8 Å². The molecular weight excluding hydrogens is 298 g/mol. The van der Waals surface area contributed by atoms with Crippen molar-refractivity contribution in [2.75, 3.05) is 6.54 Å². The van der Waals surface area contributed by atoms with Crippen LogP contribution >= 0.6 is 27.5 Å². The molecule has 0 spiro atoms. The highest BCUT2D eigenvalue weighted by Crippen LogP contribution is 2.28.